The number of halogens is 3. The normalized spacial score (nSPS) is 8.15. The van der Waals surface area contributed by atoms with E-state index in [1.165, 1.54) is 0 Å². The number of amides is 1. The molecule has 0 aliphatic carbocycles. The van der Waals surface area contributed by atoms with Crippen LogP contribution >= 0.6 is 36.4 Å². The van der Waals surface area contributed by atoms with Crippen LogP contribution < -0.4 is 5.73 Å². The van der Waals surface area contributed by atoms with Gasteiger partial charge in [-0.05, 0) is 19.1 Å². The minimum Gasteiger partial charge on any atom is -0.366 e. The topological polar surface area (TPSA) is 56.0 Å². The maximum absolute atomic E-state index is 10.6. The number of carbonyl (C=O) groups excluding carboxylic acids is 1. The summed E-state index contributed by atoms with van der Waals surface area (Å²) in [6, 6.07) is 3.25. The molecule has 0 aromatic carbocycles. The molecule has 0 fully saturated rings. The Bertz CT molecular complexity index is 304. The van der Waals surface area contributed by atoms with Gasteiger partial charge in [-0.1, -0.05) is 11.6 Å². The number of hydrogen-bond acceptors (Lipinski definition) is 2. The Hall–Kier alpha value is -0.510. The van der Waals surface area contributed by atoms with E-state index in [-0.39, 0.29) is 35.5 Å². The number of rotatable bonds is 1. The zero-order valence-corrected chi connectivity index (χ0v) is 9.17. The molecule has 1 heterocycles. The van der Waals surface area contributed by atoms with Crippen LogP contribution in [0.2, 0.25) is 5.15 Å². The quantitative estimate of drug-likeness (QED) is 0.767. The van der Waals surface area contributed by atoms with Crippen molar-refractivity contribution in [3.05, 3.63) is 28.5 Å². The molecule has 0 bridgehead atoms. The Kier molecular flexibility index (Phi) is 6.94. The highest BCUT2D eigenvalue weighted by molar-refractivity contribution is 6.32. The van der Waals surface area contributed by atoms with Gasteiger partial charge < -0.3 is 5.73 Å². The molecule has 1 amide bonds. The first-order chi connectivity index (χ1) is 5.11. The molecular weight excluding hydrogens is 234 g/mol. The van der Waals surface area contributed by atoms with Crippen LogP contribution in [0.25, 0.3) is 0 Å². The van der Waals surface area contributed by atoms with Gasteiger partial charge in [-0.2, -0.15) is 0 Å². The van der Waals surface area contributed by atoms with Crippen molar-refractivity contribution >= 4 is 42.3 Å². The summed E-state index contributed by atoms with van der Waals surface area (Å²) in [5.41, 5.74) is 6.03. The molecule has 0 aliphatic heterocycles. The number of primary amides is 1. The van der Waals surface area contributed by atoms with Gasteiger partial charge in [-0.15, -0.1) is 24.8 Å². The van der Waals surface area contributed by atoms with Crippen molar-refractivity contribution in [2.24, 2.45) is 5.73 Å². The van der Waals surface area contributed by atoms with Crippen molar-refractivity contribution in [2.45, 2.75) is 6.92 Å². The van der Waals surface area contributed by atoms with E-state index in [0.29, 0.717) is 0 Å². The second kappa shape index (κ2) is 6.02. The SMILES string of the molecule is Cc1ccc(C(N)=O)c(Cl)n1.Cl.Cl. The van der Waals surface area contributed by atoms with Crippen molar-refractivity contribution < 1.29 is 4.79 Å². The molecule has 3 nitrogen and oxygen atoms in total. The molecule has 0 spiro atoms. The highest BCUT2D eigenvalue weighted by Gasteiger charge is 2.06. The standard InChI is InChI=1S/C7H7ClN2O.2ClH/c1-4-2-3-5(7(9)11)6(8)10-4;;/h2-3H,1H3,(H2,9,11);2*1H. The Balaban J connectivity index is 0. The summed E-state index contributed by atoms with van der Waals surface area (Å²) in [6.07, 6.45) is 0. The summed E-state index contributed by atoms with van der Waals surface area (Å²) in [5, 5.41) is 0.164. The molecule has 2 N–H and O–H groups in total. The zero-order chi connectivity index (χ0) is 8.43. The van der Waals surface area contributed by atoms with Gasteiger partial charge >= 0.3 is 0 Å². The molecule has 0 atom stereocenters. The molecule has 0 radical (unpaired) electrons. The van der Waals surface area contributed by atoms with Crippen molar-refractivity contribution in [3.8, 4) is 0 Å². The van der Waals surface area contributed by atoms with E-state index >= 15 is 0 Å². The van der Waals surface area contributed by atoms with E-state index in [1.807, 2.05) is 0 Å². The summed E-state index contributed by atoms with van der Waals surface area (Å²) >= 11 is 5.61. The third-order valence-electron chi connectivity index (χ3n) is 1.25. The molecule has 1 rings (SSSR count). The fraction of sp³-hybridized carbons (Fsp3) is 0.143. The minimum absolute atomic E-state index is 0. The van der Waals surface area contributed by atoms with Crippen LogP contribution in [0.3, 0.4) is 0 Å². The van der Waals surface area contributed by atoms with E-state index < -0.39 is 5.91 Å². The van der Waals surface area contributed by atoms with Crippen LogP contribution in [-0.2, 0) is 0 Å². The highest BCUT2D eigenvalue weighted by Crippen LogP contribution is 2.12. The van der Waals surface area contributed by atoms with Gasteiger partial charge in [0.1, 0.15) is 5.15 Å². The maximum atomic E-state index is 10.6. The summed E-state index contributed by atoms with van der Waals surface area (Å²) in [6.45, 7) is 1.79. The lowest BCUT2D eigenvalue weighted by molar-refractivity contribution is 0.1000. The highest BCUT2D eigenvalue weighted by atomic mass is 35.5. The largest absolute Gasteiger partial charge is 0.366 e. The third kappa shape index (κ3) is 3.81. The average Bonchev–Trinajstić information content (AvgIpc) is 1.85. The van der Waals surface area contributed by atoms with Gasteiger partial charge in [0.05, 0.1) is 5.56 Å². The molecule has 1 aromatic rings. The van der Waals surface area contributed by atoms with E-state index in [4.69, 9.17) is 17.3 Å². The van der Waals surface area contributed by atoms with Crippen LogP contribution in [0.15, 0.2) is 12.1 Å². The molecule has 6 heteroatoms. The average molecular weight is 244 g/mol. The number of nitrogens with zero attached hydrogens (tertiary/aromatic N) is 1. The number of aryl methyl sites for hydroxylation is 1. The molecule has 0 saturated carbocycles. The van der Waals surface area contributed by atoms with Crippen LogP contribution in [0.5, 0.6) is 0 Å². The lowest BCUT2D eigenvalue weighted by atomic mass is 10.2. The predicted octanol–water partition coefficient (Wildman–Crippen LogP) is 1.99. The maximum Gasteiger partial charge on any atom is 0.251 e. The van der Waals surface area contributed by atoms with Crippen molar-refractivity contribution in [2.75, 3.05) is 0 Å². The van der Waals surface area contributed by atoms with Gasteiger partial charge in [-0.3, -0.25) is 4.79 Å². The summed E-state index contributed by atoms with van der Waals surface area (Å²) < 4.78 is 0. The molecule has 13 heavy (non-hydrogen) atoms. The van der Waals surface area contributed by atoms with Crippen molar-refractivity contribution in [3.63, 3.8) is 0 Å². The van der Waals surface area contributed by atoms with Crippen molar-refractivity contribution in [1.82, 2.24) is 4.98 Å². The summed E-state index contributed by atoms with van der Waals surface area (Å²) in [7, 11) is 0. The van der Waals surface area contributed by atoms with Crippen LogP contribution in [0, 0.1) is 6.92 Å². The van der Waals surface area contributed by atoms with Gasteiger partial charge in [-0.25, -0.2) is 4.98 Å². The number of aromatic nitrogens is 1. The van der Waals surface area contributed by atoms with Crippen LogP contribution in [0.1, 0.15) is 16.1 Å². The monoisotopic (exact) mass is 242 g/mol. The third-order valence-corrected chi connectivity index (χ3v) is 1.54. The Morgan fingerprint density at radius 2 is 2.00 bits per heavy atom. The fourth-order valence-electron chi connectivity index (χ4n) is 0.709. The van der Waals surface area contributed by atoms with Gasteiger partial charge in [0.25, 0.3) is 5.91 Å². The number of pyridine rings is 1. The molecule has 1 aromatic heterocycles. The molecule has 0 unspecified atom stereocenters. The van der Waals surface area contributed by atoms with E-state index in [2.05, 4.69) is 4.98 Å². The molecule has 0 saturated heterocycles. The fourth-order valence-corrected chi connectivity index (χ4v) is 0.998. The van der Waals surface area contributed by atoms with Crippen molar-refractivity contribution in [1.29, 1.82) is 0 Å². The van der Waals surface area contributed by atoms with Gasteiger partial charge in [0, 0.05) is 5.69 Å². The van der Waals surface area contributed by atoms with Gasteiger partial charge in [0.2, 0.25) is 0 Å². The number of carbonyl (C=O) groups is 1. The Morgan fingerprint density at radius 1 is 1.46 bits per heavy atom. The smallest absolute Gasteiger partial charge is 0.251 e. The second-order valence-corrected chi connectivity index (χ2v) is 2.51. The van der Waals surface area contributed by atoms with Gasteiger partial charge in [0.15, 0.2) is 0 Å². The first-order valence-corrected chi connectivity index (χ1v) is 3.42. The molecule has 74 valence electrons. The van der Waals surface area contributed by atoms with Crippen LogP contribution in [0.4, 0.5) is 0 Å². The number of nitrogens with two attached hydrogens (primary N) is 1. The number of hydrogen-bond donors (Lipinski definition) is 1. The van der Waals surface area contributed by atoms with E-state index in [0.717, 1.165) is 5.69 Å². The second-order valence-electron chi connectivity index (χ2n) is 2.16. The lowest BCUT2D eigenvalue weighted by Crippen LogP contribution is -2.12. The minimum atomic E-state index is -0.553. The summed E-state index contributed by atoms with van der Waals surface area (Å²) in [4.78, 5) is 14.5. The lowest BCUT2D eigenvalue weighted by Gasteiger charge is -1.98. The van der Waals surface area contributed by atoms with Crippen LogP contribution in [-0.4, -0.2) is 10.9 Å². The molecule has 0 aliphatic rings. The summed E-state index contributed by atoms with van der Waals surface area (Å²) in [5.74, 6) is -0.553. The Morgan fingerprint density at radius 3 is 2.38 bits per heavy atom. The molecular formula is C7H9Cl3N2O. The first kappa shape index (κ1) is 15.0. The predicted molar refractivity (Wildman–Crippen MR) is 57.0 cm³/mol. The van der Waals surface area contributed by atoms with E-state index in [1.54, 1.807) is 19.1 Å². The first-order valence-electron chi connectivity index (χ1n) is 3.04. The zero-order valence-electron chi connectivity index (χ0n) is 6.78. The Labute approximate surface area is 93.5 Å². The van der Waals surface area contributed by atoms with E-state index in [9.17, 15) is 4.79 Å².